The third-order valence-corrected chi connectivity index (χ3v) is 7.89. The Balaban J connectivity index is 1.82. The molecule has 1 aromatic heterocycles. The first-order valence-corrected chi connectivity index (χ1v) is 14.3. The van der Waals surface area contributed by atoms with E-state index in [1.165, 1.54) is 6.07 Å². The zero-order valence-corrected chi connectivity index (χ0v) is 23.2. The Kier molecular flexibility index (Phi) is 7.25. The molecule has 0 saturated carbocycles. The van der Waals surface area contributed by atoms with Gasteiger partial charge < -0.3 is 14.2 Å². The van der Waals surface area contributed by atoms with Crippen LogP contribution in [0.5, 0.6) is 5.75 Å². The topological polar surface area (TPSA) is 108 Å². The molecule has 4 rings (SSSR count). The van der Waals surface area contributed by atoms with E-state index in [0.717, 1.165) is 27.2 Å². The molecule has 0 aliphatic rings. The fraction of sp³-hybridized carbons (Fsp3) is 0.310. The van der Waals surface area contributed by atoms with E-state index >= 15 is 0 Å². The molecule has 0 spiro atoms. The number of aromatic hydroxyl groups is 1. The van der Waals surface area contributed by atoms with Gasteiger partial charge in [-0.1, -0.05) is 63.2 Å². The molecule has 0 aliphatic heterocycles. The molecule has 3 aromatic carbocycles. The van der Waals surface area contributed by atoms with Gasteiger partial charge in [0.05, 0.1) is 36.1 Å². The lowest BCUT2D eigenvalue weighted by atomic mass is 9.84. The number of benzene rings is 3. The highest BCUT2D eigenvalue weighted by atomic mass is 32.2. The molecule has 0 atom stereocenters. The maximum atomic E-state index is 13.7. The molecule has 0 radical (unpaired) electrons. The van der Waals surface area contributed by atoms with Gasteiger partial charge in [-0.2, -0.15) is 0 Å². The number of hydrogen-bond acceptors (Lipinski definition) is 5. The Morgan fingerprint density at radius 2 is 1.55 bits per heavy atom. The van der Waals surface area contributed by atoms with Crippen molar-refractivity contribution in [2.45, 2.75) is 46.2 Å². The number of sulfonamides is 1. The van der Waals surface area contributed by atoms with E-state index < -0.39 is 15.4 Å². The average Bonchev–Trinajstić information content (AvgIpc) is 3.10. The number of carbonyl (C=O) groups is 1. The van der Waals surface area contributed by atoms with Crippen LogP contribution in [0.2, 0.25) is 0 Å². The molecule has 0 unspecified atom stereocenters. The van der Waals surface area contributed by atoms with Gasteiger partial charge >= 0.3 is 0 Å². The van der Waals surface area contributed by atoms with Crippen LogP contribution < -0.4 is 9.92 Å². The Labute approximate surface area is 223 Å². The van der Waals surface area contributed by atoms with Crippen LogP contribution in [0.25, 0.3) is 11.0 Å². The van der Waals surface area contributed by atoms with E-state index in [-0.39, 0.29) is 41.5 Å². The van der Waals surface area contributed by atoms with Crippen LogP contribution >= 0.6 is 0 Å². The first-order valence-electron chi connectivity index (χ1n) is 12.5. The Hall–Kier alpha value is -3.85. The van der Waals surface area contributed by atoms with Crippen LogP contribution in [0.1, 0.15) is 49.2 Å². The zero-order chi connectivity index (χ0) is 27.8. The summed E-state index contributed by atoms with van der Waals surface area (Å²) in [5, 5.41) is 20.0. The lowest BCUT2D eigenvalue weighted by Crippen LogP contribution is -2.31. The van der Waals surface area contributed by atoms with Crippen molar-refractivity contribution < 1.29 is 18.3 Å². The van der Waals surface area contributed by atoms with Crippen molar-refractivity contribution in [3.8, 4) is 5.75 Å². The third kappa shape index (κ3) is 5.24. The second-order valence-electron chi connectivity index (χ2n) is 10.5. The highest BCUT2D eigenvalue weighted by Crippen LogP contribution is 2.40. The van der Waals surface area contributed by atoms with Gasteiger partial charge in [0.2, 0.25) is 15.6 Å². The van der Waals surface area contributed by atoms with Crippen LogP contribution in [-0.2, 0) is 28.5 Å². The molecule has 0 aliphatic carbocycles. The van der Waals surface area contributed by atoms with Crippen LogP contribution in [0.4, 0.5) is 5.69 Å². The maximum absolute atomic E-state index is 13.7. The molecule has 8 nitrogen and oxygen atoms in total. The van der Waals surface area contributed by atoms with Crippen molar-refractivity contribution in [3.63, 3.8) is 0 Å². The van der Waals surface area contributed by atoms with E-state index in [2.05, 4.69) is 0 Å². The molecule has 0 amide bonds. The Bertz CT molecular complexity index is 1660. The van der Waals surface area contributed by atoms with Crippen LogP contribution in [-0.4, -0.2) is 41.2 Å². The quantitative estimate of drug-likeness (QED) is 0.321. The number of nitrogens with zero attached hydrogens (tertiary/aromatic N) is 3. The van der Waals surface area contributed by atoms with Gasteiger partial charge in [0.1, 0.15) is 5.75 Å². The van der Waals surface area contributed by atoms with Crippen molar-refractivity contribution in [2.75, 3.05) is 17.1 Å². The molecule has 0 fully saturated rings. The van der Waals surface area contributed by atoms with Gasteiger partial charge in [-0.15, -0.1) is 0 Å². The summed E-state index contributed by atoms with van der Waals surface area (Å²) < 4.78 is 29.6. The second-order valence-corrected chi connectivity index (χ2v) is 12.4. The highest BCUT2D eigenvalue weighted by molar-refractivity contribution is 7.92. The van der Waals surface area contributed by atoms with Gasteiger partial charge in [0, 0.05) is 17.7 Å². The Morgan fingerprint density at radius 3 is 2.11 bits per heavy atom. The number of rotatable bonds is 8. The summed E-state index contributed by atoms with van der Waals surface area (Å²) in [6, 6.07) is 20.5. The number of carbonyl (C=O) groups excluding carboxylic acids is 1. The van der Waals surface area contributed by atoms with E-state index in [1.807, 2.05) is 79.9 Å². The van der Waals surface area contributed by atoms with Gasteiger partial charge in [-0.25, -0.2) is 8.42 Å². The van der Waals surface area contributed by atoms with E-state index in [1.54, 1.807) is 17.6 Å². The van der Waals surface area contributed by atoms with Crippen LogP contribution in [0.3, 0.4) is 0 Å². The van der Waals surface area contributed by atoms with Crippen LogP contribution in [0, 0.1) is 5.41 Å². The van der Waals surface area contributed by atoms with Crippen molar-refractivity contribution >= 4 is 32.5 Å². The minimum absolute atomic E-state index is 0.0772. The fourth-order valence-corrected chi connectivity index (χ4v) is 5.71. The molecule has 200 valence electrons. The average molecular weight is 535 g/mol. The minimum Gasteiger partial charge on any atom is -0.505 e. The fourth-order valence-electron chi connectivity index (χ4n) is 4.74. The number of Topliss-reactive ketones (excluding diaryl/α,β-unsaturated/α-hetero) is 1. The molecule has 0 saturated heterocycles. The standard InChI is InChI=1S/C29H34N4O4S/c1-6-33(38(5,36)37)25-17-21(16-22(27(25)35)29(2,3)4)26(34)19-32-24-15-11-10-14-23(24)31(28(32)30)18-20-12-8-7-9-13-20/h7-17,30,35H,6,18-19H2,1-5H3. The van der Waals surface area contributed by atoms with E-state index in [4.69, 9.17) is 5.41 Å². The highest BCUT2D eigenvalue weighted by Gasteiger charge is 2.28. The summed E-state index contributed by atoms with van der Waals surface area (Å²) in [7, 11) is -3.69. The lowest BCUT2D eigenvalue weighted by molar-refractivity contribution is 0.0971. The number of aromatic nitrogens is 2. The maximum Gasteiger partial charge on any atom is 0.232 e. The Morgan fingerprint density at radius 1 is 0.974 bits per heavy atom. The molecule has 1 heterocycles. The van der Waals surface area contributed by atoms with E-state index in [9.17, 15) is 18.3 Å². The smallest absolute Gasteiger partial charge is 0.232 e. The largest absolute Gasteiger partial charge is 0.505 e. The number of fused-ring (bicyclic) bond motifs is 1. The molecule has 2 N–H and O–H groups in total. The molecule has 4 aromatic rings. The number of para-hydroxylation sites is 2. The first kappa shape index (κ1) is 27.2. The summed E-state index contributed by atoms with van der Waals surface area (Å²) in [5.74, 6) is -0.447. The molecular formula is C29H34N4O4S. The monoisotopic (exact) mass is 534 g/mol. The number of nitrogens with one attached hydrogen (secondary N) is 1. The summed E-state index contributed by atoms with van der Waals surface area (Å²) >= 11 is 0. The number of anilines is 1. The van der Waals surface area contributed by atoms with Gasteiger partial charge in [-0.05, 0) is 42.2 Å². The molecular weight excluding hydrogens is 500 g/mol. The van der Waals surface area contributed by atoms with E-state index in [0.29, 0.717) is 12.1 Å². The lowest BCUT2D eigenvalue weighted by Gasteiger charge is -2.27. The van der Waals surface area contributed by atoms with Crippen molar-refractivity contribution in [1.29, 1.82) is 5.41 Å². The third-order valence-electron chi connectivity index (χ3n) is 6.64. The zero-order valence-electron chi connectivity index (χ0n) is 22.4. The van der Waals surface area contributed by atoms with Gasteiger partial charge in [0.25, 0.3) is 0 Å². The predicted molar refractivity (Wildman–Crippen MR) is 150 cm³/mol. The van der Waals surface area contributed by atoms with Gasteiger partial charge in [-0.3, -0.25) is 14.5 Å². The summed E-state index contributed by atoms with van der Waals surface area (Å²) in [5.41, 5.74) is 3.09. The number of hydrogen-bond donors (Lipinski definition) is 2. The first-order chi connectivity index (χ1) is 17.8. The number of phenols is 1. The minimum atomic E-state index is -3.69. The number of phenolic OH excluding ortho intramolecular Hbond substituents is 1. The second kappa shape index (κ2) is 10.1. The number of imidazole rings is 1. The van der Waals surface area contributed by atoms with Crippen molar-refractivity contribution in [1.82, 2.24) is 9.13 Å². The molecule has 38 heavy (non-hydrogen) atoms. The normalized spacial score (nSPS) is 12.1. The molecule has 9 heteroatoms. The predicted octanol–water partition coefficient (Wildman–Crippen LogP) is 4.64. The number of ketones is 1. The van der Waals surface area contributed by atoms with Gasteiger partial charge in [0.15, 0.2) is 5.78 Å². The summed E-state index contributed by atoms with van der Waals surface area (Å²) in [6.45, 7) is 7.83. The molecule has 0 bridgehead atoms. The van der Waals surface area contributed by atoms with Crippen molar-refractivity contribution in [2.24, 2.45) is 0 Å². The summed E-state index contributed by atoms with van der Waals surface area (Å²) in [6.07, 6.45) is 1.07. The SMILES string of the molecule is CCN(c1cc(C(=O)Cn2c(=N)n(Cc3ccccc3)c3ccccc32)cc(C(C)(C)C)c1O)S(C)(=O)=O. The van der Waals surface area contributed by atoms with Crippen LogP contribution in [0.15, 0.2) is 66.7 Å². The van der Waals surface area contributed by atoms with Crippen molar-refractivity contribution in [3.05, 3.63) is 89.0 Å². The summed E-state index contributed by atoms with van der Waals surface area (Å²) in [4.78, 5) is 13.7.